The van der Waals surface area contributed by atoms with Crippen LogP contribution in [-0.2, 0) is 20.4 Å². The third-order valence-electron chi connectivity index (χ3n) is 15.7. The number of allylic oxidation sites excluding steroid dienone is 2. The fraction of sp³-hybridized carbons (Fsp3) is 0.476. The Labute approximate surface area is 282 Å². The van der Waals surface area contributed by atoms with E-state index in [0.717, 1.165) is 50.2 Å². The van der Waals surface area contributed by atoms with Gasteiger partial charge in [0, 0.05) is 70.8 Å². The Morgan fingerprint density at radius 3 is 2.23 bits per heavy atom. The Morgan fingerprint density at radius 2 is 1.44 bits per heavy atom. The molecule has 2 aromatic rings. The monoisotopic (exact) mass is 634 g/mol. The summed E-state index contributed by atoms with van der Waals surface area (Å²) in [5.74, 6) is 1.87. The summed E-state index contributed by atoms with van der Waals surface area (Å²) in [4.78, 5) is 39.2. The van der Waals surface area contributed by atoms with Crippen molar-refractivity contribution in [3.8, 4) is 0 Å². The van der Waals surface area contributed by atoms with Gasteiger partial charge in [0.2, 0.25) is 0 Å². The zero-order chi connectivity index (χ0) is 31.8. The van der Waals surface area contributed by atoms with Gasteiger partial charge in [-0.25, -0.2) is 0 Å². The topological polar surface area (TPSA) is 47.1 Å². The first-order valence-corrected chi connectivity index (χ1v) is 18.6. The predicted molar refractivity (Wildman–Crippen MR) is 186 cm³/mol. The molecule has 2 aliphatic carbocycles. The molecule has 48 heavy (non-hydrogen) atoms. The van der Waals surface area contributed by atoms with Crippen LogP contribution in [0.25, 0.3) is 0 Å². The minimum absolute atomic E-state index is 0.0143. The second-order valence-corrected chi connectivity index (χ2v) is 16.6. The lowest BCUT2D eigenvalue weighted by atomic mass is 9.54. The zero-order valence-corrected chi connectivity index (χ0v) is 27.8. The largest absolute Gasteiger partial charge is 0.304 e. The lowest BCUT2D eigenvalue weighted by Crippen LogP contribution is -2.66. The molecule has 4 bridgehead atoms. The minimum atomic E-state index is -0.187. The van der Waals surface area contributed by atoms with Gasteiger partial charge < -0.3 is 9.80 Å². The first-order valence-electron chi connectivity index (χ1n) is 18.6. The Morgan fingerprint density at radius 1 is 0.771 bits per heavy atom. The van der Waals surface area contributed by atoms with Crippen LogP contribution in [0.3, 0.4) is 0 Å². The Bertz CT molecular complexity index is 2010. The van der Waals surface area contributed by atoms with Crippen molar-refractivity contribution in [2.75, 3.05) is 29.4 Å². The third-order valence-corrected chi connectivity index (χ3v) is 15.7. The summed E-state index contributed by atoms with van der Waals surface area (Å²) in [5, 5.41) is 0. The molecule has 0 N–H and O–H groups in total. The number of para-hydroxylation sites is 2. The van der Waals surface area contributed by atoms with E-state index < -0.39 is 0 Å². The fourth-order valence-electron chi connectivity index (χ4n) is 14.2. The van der Waals surface area contributed by atoms with Gasteiger partial charge in [-0.15, -0.1) is 0 Å². The molecular weight excluding hydrogens is 592 g/mol. The van der Waals surface area contributed by atoms with E-state index in [0.29, 0.717) is 35.8 Å². The number of anilines is 2. The summed E-state index contributed by atoms with van der Waals surface area (Å²) in [6.07, 6.45) is 15.7. The molecule has 6 heteroatoms. The highest BCUT2D eigenvalue weighted by Gasteiger charge is 2.73. The van der Waals surface area contributed by atoms with Crippen LogP contribution in [0.2, 0.25) is 0 Å². The predicted octanol–water partition coefficient (Wildman–Crippen LogP) is 5.51. The lowest BCUT2D eigenvalue weighted by molar-refractivity contribution is -0.118. The number of amides is 2. The number of carbonyl (C=O) groups excluding carboxylic acids is 2. The van der Waals surface area contributed by atoms with Gasteiger partial charge >= 0.3 is 0 Å². The molecule has 2 amide bonds. The molecule has 8 heterocycles. The van der Waals surface area contributed by atoms with Crippen molar-refractivity contribution in [1.29, 1.82) is 0 Å². The maximum absolute atomic E-state index is 15.5. The maximum Gasteiger partial charge on any atom is 0.255 e. The molecule has 6 nitrogen and oxygen atoms in total. The van der Waals surface area contributed by atoms with Crippen molar-refractivity contribution in [2.24, 2.45) is 23.7 Å². The van der Waals surface area contributed by atoms with Gasteiger partial charge in [-0.2, -0.15) is 0 Å². The normalized spacial score (nSPS) is 45.5. The van der Waals surface area contributed by atoms with Crippen molar-refractivity contribution in [3.63, 3.8) is 0 Å². The second-order valence-electron chi connectivity index (χ2n) is 16.6. The van der Waals surface area contributed by atoms with Crippen LogP contribution in [0, 0.1) is 23.7 Å². The number of hydrogen-bond donors (Lipinski definition) is 0. The van der Waals surface area contributed by atoms with Crippen LogP contribution < -0.4 is 9.80 Å². The standard InChI is InChI=1S/C42H42N4O2/c1-3-23-21-43-16-15-41-30-9-5-8-12-33(30)46-39(41)28(27(23)18-35(41)43)17-29(40(46)48)34-20-42-31-10-6-7-11-32(31)45-37(47)14-13-25(38(42)45)26-19-36(42)44(34)22-24(26)4-2/h3-14,17,25-28,34-36,38-39H,15-16,18-22H2,1-2H3/b23-3-,24-4-/t25?,26?,27?,28-,34+,35?,36?,38-,39-,41+,42+/m0/s1. The zero-order valence-electron chi connectivity index (χ0n) is 27.8. The third kappa shape index (κ3) is 2.73. The number of carbonyl (C=O) groups is 2. The molecular formula is C42H42N4O2. The summed E-state index contributed by atoms with van der Waals surface area (Å²) < 4.78 is 0. The van der Waals surface area contributed by atoms with Crippen LogP contribution >= 0.6 is 0 Å². The van der Waals surface area contributed by atoms with Crippen LogP contribution in [0.1, 0.15) is 50.7 Å². The fourth-order valence-corrected chi connectivity index (χ4v) is 14.2. The quantitative estimate of drug-likeness (QED) is 0.389. The van der Waals surface area contributed by atoms with Gasteiger partial charge in [0.05, 0.1) is 12.1 Å². The summed E-state index contributed by atoms with van der Waals surface area (Å²) in [5.41, 5.74) is 8.92. The summed E-state index contributed by atoms with van der Waals surface area (Å²) in [7, 11) is 0. The Balaban J connectivity index is 1.07. The minimum Gasteiger partial charge on any atom is -0.304 e. The molecule has 0 radical (unpaired) electrons. The highest BCUT2D eigenvalue weighted by atomic mass is 16.2. The van der Waals surface area contributed by atoms with Crippen LogP contribution in [0.4, 0.5) is 11.4 Å². The SMILES string of the molecule is C/C=C1/CN2C3CC1C1C=CC(=O)N4c5ccccc5[C@@]3(C[C@@H]2C2=C[C@H]3C5CC6N(CC[C@@]67c6ccccc6N(C2=O)[C@@H]37)C/C5=C/C)[C@H]14. The van der Waals surface area contributed by atoms with Crippen LogP contribution in [-0.4, -0.2) is 71.5 Å². The molecule has 0 aromatic heterocycles. The molecule has 5 unspecified atom stereocenters. The van der Waals surface area contributed by atoms with E-state index >= 15 is 4.79 Å². The second kappa shape index (κ2) is 8.70. The number of nitrogens with zero attached hydrogens (tertiary/aromatic N) is 4. The lowest BCUT2D eigenvalue weighted by Gasteiger charge is -2.57. The average Bonchev–Trinajstić information content (AvgIpc) is 3.85. The number of hydrogen-bond acceptors (Lipinski definition) is 4. The molecule has 242 valence electrons. The molecule has 2 spiro atoms. The van der Waals surface area contributed by atoms with Gasteiger partial charge in [-0.3, -0.25) is 19.4 Å². The first-order chi connectivity index (χ1) is 23.5. The molecule has 11 atom stereocenters. The number of fused-ring (bicyclic) bond motifs is 8. The molecule has 12 rings (SSSR count). The molecule has 2 aromatic carbocycles. The van der Waals surface area contributed by atoms with E-state index in [2.05, 4.69) is 106 Å². The summed E-state index contributed by atoms with van der Waals surface area (Å²) in [6, 6.07) is 18.8. The van der Waals surface area contributed by atoms with Crippen molar-refractivity contribution < 1.29 is 9.59 Å². The number of rotatable bonds is 1. The summed E-state index contributed by atoms with van der Waals surface area (Å²) in [6.45, 7) is 7.52. The Kier molecular flexibility index (Phi) is 4.91. The van der Waals surface area contributed by atoms with E-state index in [9.17, 15) is 4.79 Å². The van der Waals surface area contributed by atoms with Crippen LogP contribution in [0.15, 0.2) is 95.6 Å². The molecule has 10 aliphatic rings. The number of benzene rings is 2. The smallest absolute Gasteiger partial charge is 0.255 e. The van der Waals surface area contributed by atoms with Gasteiger partial charge in [-0.1, -0.05) is 71.8 Å². The average molecular weight is 635 g/mol. The van der Waals surface area contributed by atoms with Gasteiger partial charge in [0.25, 0.3) is 11.8 Å². The van der Waals surface area contributed by atoms with E-state index in [-0.39, 0.29) is 40.8 Å². The Hall–Kier alpha value is -3.74. The van der Waals surface area contributed by atoms with Gasteiger partial charge in [0.1, 0.15) is 0 Å². The maximum atomic E-state index is 15.5. The van der Waals surface area contributed by atoms with Crippen molar-refractivity contribution in [2.45, 2.75) is 80.6 Å². The van der Waals surface area contributed by atoms with E-state index in [4.69, 9.17) is 0 Å². The highest BCUT2D eigenvalue weighted by Crippen LogP contribution is 2.68. The van der Waals surface area contributed by atoms with E-state index in [1.54, 1.807) is 5.57 Å². The van der Waals surface area contributed by atoms with Crippen molar-refractivity contribution in [3.05, 3.63) is 107 Å². The van der Waals surface area contributed by atoms with Crippen LogP contribution in [0.5, 0.6) is 0 Å². The first kappa shape index (κ1) is 27.1. The molecule has 8 aliphatic heterocycles. The van der Waals surface area contributed by atoms with Gasteiger partial charge in [-0.05, 0) is 87.2 Å². The van der Waals surface area contributed by atoms with E-state index in [1.807, 2.05) is 6.08 Å². The molecule has 6 fully saturated rings. The van der Waals surface area contributed by atoms with Crippen molar-refractivity contribution >= 4 is 23.2 Å². The molecule has 4 saturated heterocycles. The van der Waals surface area contributed by atoms with Gasteiger partial charge in [0.15, 0.2) is 0 Å². The van der Waals surface area contributed by atoms with Crippen molar-refractivity contribution in [1.82, 2.24) is 9.80 Å². The summed E-state index contributed by atoms with van der Waals surface area (Å²) >= 11 is 0. The molecule has 2 saturated carbocycles. The van der Waals surface area contributed by atoms with E-state index in [1.165, 1.54) is 28.8 Å². The number of piperidine rings is 2. The highest BCUT2D eigenvalue weighted by molar-refractivity contribution is 6.10.